The summed E-state index contributed by atoms with van der Waals surface area (Å²) in [4.78, 5) is 10.1. The Morgan fingerprint density at radius 1 is 0.903 bits per heavy atom. The smallest absolute Gasteiger partial charge is 0.416 e. The third-order valence-electron chi connectivity index (χ3n) is 4.05. The largest absolute Gasteiger partial charge is 0.423 e. The molecule has 0 fully saturated rings. The molecule has 0 aliphatic carbocycles. The van der Waals surface area contributed by atoms with E-state index in [-0.39, 0.29) is 28.8 Å². The summed E-state index contributed by atoms with van der Waals surface area (Å²) in [5.74, 6) is -0.658. The van der Waals surface area contributed by atoms with E-state index in [2.05, 4.69) is 4.18 Å². The van der Waals surface area contributed by atoms with Gasteiger partial charge in [-0.15, -0.1) is 0 Å². The first-order chi connectivity index (χ1) is 14.1. The highest BCUT2D eigenvalue weighted by Gasteiger charge is 2.38. The van der Waals surface area contributed by atoms with Crippen LogP contribution in [0.3, 0.4) is 0 Å². The molecule has 13 heteroatoms. The van der Waals surface area contributed by atoms with Crippen molar-refractivity contribution in [3.05, 3.63) is 68.5 Å². The first-order valence-electron chi connectivity index (χ1n) is 8.06. The van der Waals surface area contributed by atoms with Gasteiger partial charge in [-0.3, -0.25) is 0 Å². The van der Waals surface area contributed by atoms with Crippen LogP contribution < -0.4 is 9.81 Å². The molecule has 0 N–H and O–H groups in total. The second-order valence-corrected chi connectivity index (χ2v) is 8.26. The van der Waals surface area contributed by atoms with Crippen LogP contribution in [0, 0.1) is 6.92 Å². The van der Waals surface area contributed by atoms with Gasteiger partial charge in [0.2, 0.25) is 0 Å². The Hall–Kier alpha value is -2.73. The Morgan fingerprint density at radius 3 is 1.97 bits per heavy atom. The highest BCUT2D eigenvalue weighted by atomic mass is 35.5. The zero-order valence-electron chi connectivity index (χ0n) is 15.1. The molecule has 1 heterocycles. The van der Waals surface area contributed by atoms with Crippen molar-refractivity contribution in [2.24, 2.45) is 0 Å². The average Bonchev–Trinajstić information content (AvgIpc) is 2.61. The summed E-state index contributed by atoms with van der Waals surface area (Å²) >= 11 is 5.95. The van der Waals surface area contributed by atoms with Crippen LogP contribution in [0.1, 0.15) is 16.7 Å². The van der Waals surface area contributed by atoms with Crippen molar-refractivity contribution >= 4 is 32.7 Å². The maximum Gasteiger partial charge on any atom is 0.416 e. The van der Waals surface area contributed by atoms with E-state index in [4.69, 9.17) is 16.0 Å². The van der Waals surface area contributed by atoms with Crippen LogP contribution in [0.15, 0.2) is 50.5 Å². The van der Waals surface area contributed by atoms with E-state index in [1.54, 1.807) is 0 Å². The van der Waals surface area contributed by atoms with Gasteiger partial charge in [-0.2, -0.15) is 34.8 Å². The van der Waals surface area contributed by atoms with Crippen molar-refractivity contribution in [1.29, 1.82) is 0 Å². The minimum absolute atomic E-state index is 0.00377. The quantitative estimate of drug-likeness (QED) is 0.275. The Labute approximate surface area is 174 Å². The van der Waals surface area contributed by atoms with Crippen molar-refractivity contribution in [3.63, 3.8) is 0 Å². The molecule has 166 valence electrons. The number of alkyl halides is 6. The molecular formula is C18H9ClF6O5S. The van der Waals surface area contributed by atoms with E-state index in [1.807, 2.05) is 0 Å². The maximum atomic E-state index is 13.0. The van der Waals surface area contributed by atoms with Crippen molar-refractivity contribution in [1.82, 2.24) is 0 Å². The van der Waals surface area contributed by atoms with Gasteiger partial charge < -0.3 is 8.60 Å². The van der Waals surface area contributed by atoms with E-state index in [0.29, 0.717) is 10.9 Å². The van der Waals surface area contributed by atoms with Gasteiger partial charge in [-0.1, -0.05) is 11.6 Å². The van der Waals surface area contributed by atoms with Crippen LogP contribution in [0.2, 0.25) is 5.02 Å². The van der Waals surface area contributed by atoms with Crippen LogP contribution in [0.4, 0.5) is 26.3 Å². The van der Waals surface area contributed by atoms with Crippen molar-refractivity contribution in [3.8, 4) is 5.75 Å². The van der Waals surface area contributed by atoms with E-state index in [0.717, 1.165) is 12.1 Å². The van der Waals surface area contributed by atoms with Gasteiger partial charge in [-0.25, -0.2) is 4.79 Å². The zero-order chi connectivity index (χ0) is 23.4. The second-order valence-electron chi connectivity index (χ2n) is 6.31. The zero-order valence-corrected chi connectivity index (χ0v) is 16.6. The average molecular weight is 487 g/mol. The predicted molar refractivity (Wildman–Crippen MR) is 96.5 cm³/mol. The van der Waals surface area contributed by atoms with Crippen LogP contribution in [-0.4, -0.2) is 8.42 Å². The van der Waals surface area contributed by atoms with Gasteiger partial charge >= 0.3 is 28.1 Å². The number of benzene rings is 2. The molecule has 0 unspecified atom stereocenters. The number of hydrogen-bond donors (Lipinski definition) is 0. The van der Waals surface area contributed by atoms with E-state index in [9.17, 15) is 39.6 Å². The summed E-state index contributed by atoms with van der Waals surface area (Å²) < 4.78 is 113. The first kappa shape index (κ1) is 22.9. The maximum absolute atomic E-state index is 13.0. The molecule has 0 radical (unpaired) electrons. The van der Waals surface area contributed by atoms with Crippen molar-refractivity contribution in [2.45, 2.75) is 24.2 Å². The molecular weight excluding hydrogens is 478 g/mol. The fourth-order valence-corrected chi connectivity index (χ4v) is 3.88. The number of aryl methyl sites for hydroxylation is 1. The highest BCUT2D eigenvalue weighted by Crippen LogP contribution is 2.38. The summed E-state index contributed by atoms with van der Waals surface area (Å²) in [7, 11) is -5.19. The standard InChI is InChI=1S/C18H9ClF6O5S/c1-8-2-16(26)29-14-7-15(13(19)6-12(8)14)30-31(27,28)11-4-9(17(20,21)22)3-10(5-11)18(23,24)25/h2-7H,1H3. The SMILES string of the molecule is Cc1cc(=O)oc2cc(OS(=O)(=O)c3cc(C(F)(F)F)cc(C(F)(F)F)c3)c(Cl)cc12. The highest BCUT2D eigenvalue weighted by molar-refractivity contribution is 7.87. The first-order valence-corrected chi connectivity index (χ1v) is 9.84. The van der Waals surface area contributed by atoms with Crippen LogP contribution in [0.25, 0.3) is 11.0 Å². The predicted octanol–water partition coefficient (Wildman–Crippen LogP) is 5.56. The summed E-state index contributed by atoms with van der Waals surface area (Å²) in [5.41, 5.74) is -4.19. The van der Waals surface area contributed by atoms with E-state index in [1.165, 1.54) is 13.0 Å². The summed E-state index contributed by atoms with van der Waals surface area (Å²) in [6.45, 7) is 1.54. The lowest BCUT2D eigenvalue weighted by Gasteiger charge is -2.15. The molecule has 0 spiro atoms. The number of hydrogen-bond acceptors (Lipinski definition) is 5. The van der Waals surface area contributed by atoms with Gasteiger partial charge in [0.25, 0.3) is 0 Å². The molecule has 5 nitrogen and oxygen atoms in total. The Balaban J connectivity index is 2.15. The van der Waals surface area contributed by atoms with Crippen molar-refractivity contribution < 1.29 is 43.4 Å². The van der Waals surface area contributed by atoms with Gasteiger partial charge in [0, 0.05) is 17.5 Å². The lowest BCUT2D eigenvalue weighted by atomic mass is 10.1. The van der Waals surface area contributed by atoms with Gasteiger partial charge in [0.1, 0.15) is 10.5 Å². The Bertz CT molecular complexity index is 1310. The lowest BCUT2D eigenvalue weighted by molar-refractivity contribution is -0.143. The monoisotopic (exact) mass is 486 g/mol. The fourth-order valence-electron chi connectivity index (χ4n) is 2.62. The molecule has 0 atom stereocenters. The topological polar surface area (TPSA) is 73.6 Å². The van der Waals surface area contributed by atoms with Crippen LogP contribution in [0.5, 0.6) is 5.75 Å². The fraction of sp³-hybridized carbons (Fsp3) is 0.167. The second kappa shape index (κ2) is 7.45. The normalized spacial score (nSPS) is 12.9. The number of fused-ring (bicyclic) bond motifs is 1. The van der Waals surface area contributed by atoms with Crippen LogP contribution in [-0.2, 0) is 22.5 Å². The minimum Gasteiger partial charge on any atom is -0.423 e. The van der Waals surface area contributed by atoms with Gasteiger partial charge in [0.05, 0.1) is 16.1 Å². The molecule has 1 aromatic heterocycles. The molecule has 0 saturated carbocycles. The molecule has 2 aromatic carbocycles. The minimum atomic E-state index is -5.26. The molecule has 0 saturated heterocycles. The van der Waals surface area contributed by atoms with Gasteiger partial charge in [0.15, 0.2) is 5.75 Å². The molecule has 31 heavy (non-hydrogen) atoms. The summed E-state index contributed by atoms with van der Waals surface area (Å²) in [6, 6.07) is 2.99. The van der Waals surface area contributed by atoms with E-state index < -0.39 is 49.9 Å². The van der Waals surface area contributed by atoms with Crippen molar-refractivity contribution in [2.75, 3.05) is 0 Å². The van der Waals surface area contributed by atoms with E-state index >= 15 is 0 Å². The Morgan fingerprint density at radius 2 is 1.45 bits per heavy atom. The summed E-state index contributed by atoms with van der Waals surface area (Å²) in [5, 5.41) is -0.0242. The molecule has 3 aromatic rings. The third kappa shape index (κ3) is 4.79. The Kier molecular flexibility index (Phi) is 5.51. The van der Waals surface area contributed by atoms with Crippen LogP contribution >= 0.6 is 11.6 Å². The molecule has 3 rings (SSSR count). The lowest BCUT2D eigenvalue weighted by Crippen LogP contribution is -2.16. The third-order valence-corrected chi connectivity index (χ3v) is 5.56. The molecule has 0 aliphatic heterocycles. The number of rotatable bonds is 3. The number of halogens is 7. The molecule has 0 bridgehead atoms. The molecule has 0 aliphatic rings. The summed E-state index contributed by atoms with van der Waals surface area (Å²) in [6.07, 6.45) is -10.5. The molecule has 0 amide bonds. The van der Waals surface area contributed by atoms with Gasteiger partial charge in [-0.05, 0) is 36.8 Å².